The van der Waals surface area contributed by atoms with Gasteiger partial charge in [-0.3, -0.25) is 10.2 Å². The maximum atomic E-state index is 12.8. The van der Waals surface area contributed by atoms with E-state index in [9.17, 15) is 22.4 Å². The van der Waals surface area contributed by atoms with Crippen molar-refractivity contribution in [2.24, 2.45) is 0 Å². The lowest BCUT2D eigenvalue weighted by Crippen LogP contribution is -2.48. The molecule has 0 radical (unpaired) electrons. The number of nitrogens with zero attached hydrogens (tertiary/aromatic N) is 1. The average Bonchev–Trinajstić information content (AvgIpc) is 2.62. The van der Waals surface area contributed by atoms with E-state index in [4.69, 9.17) is 11.6 Å². The van der Waals surface area contributed by atoms with Gasteiger partial charge in [-0.15, -0.1) is 0 Å². The van der Waals surface area contributed by atoms with Crippen LogP contribution in [0.3, 0.4) is 0 Å². The normalized spacial score (nSPS) is 11.1. The summed E-state index contributed by atoms with van der Waals surface area (Å²) in [4.78, 5) is 23.5. The molecule has 0 aliphatic heterocycles. The molecule has 0 spiro atoms. The van der Waals surface area contributed by atoms with Crippen molar-refractivity contribution in [1.82, 2.24) is 15.2 Å². The summed E-state index contributed by atoms with van der Waals surface area (Å²) in [6.45, 7) is -0.526. The van der Waals surface area contributed by atoms with Crippen LogP contribution in [0.5, 0.6) is 0 Å². The third kappa shape index (κ3) is 5.91. The molecule has 0 atom stereocenters. The molecule has 0 fully saturated rings. The van der Waals surface area contributed by atoms with Gasteiger partial charge in [0.2, 0.25) is 10.0 Å². The van der Waals surface area contributed by atoms with E-state index in [1.54, 1.807) is 0 Å². The lowest BCUT2D eigenvalue weighted by molar-refractivity contribution is -0.121. The molecule has 0 aliphatic carbocycles. The van der Waals surface area contributed by atoms with E-state index in [1.165, 1.54) is 43.4 Å². The molecule has 2 aromatic carbocycles. The second-order valence-corrected chi connectivity index (χ2v) is 7.83. The lowest BCUT2D eigenvalue weighted by Gasteiger charge is -2.17. The number of hydrazine groups is 1. The fraction of sp³-hybridized carbons (Fsp3) is 0.125. The topological polar surface area (TPSA) is 108 Å². The fourth-order valence-electron chi connectivity index (χ4n) is 1.94. The quantitative estimate of drug-likeness (QED) is 0.650. The molecule has 3 amide bonds. The summed E-state index contributed by atoms with van der Waals surface area (Å²) < 4.78 is 38.3. The minimum atomic E-state index is -3.89. The number of nitrogens with one attached hydrogen (secondary N) is 3. The number of benzene rings is 2. The standard InChI is InChI=1S/C16H16ClFN4O4S/c1-22(27(25,26)14-8-2-11(17)3-9-14)10-15(23)20-21-16(24)19-13-6-4-12(18)5-7-13/h2-9H,10H2,1H3,(H,20,23)(H2,19,21,24). The Kier molecular flexibility index (Phi) is 6.72. The maximum absolute atomic E-state index is 12.8. The number of halogens is 2. The Balaban J connectivity index is 1.86. The summed E-state index contributed by atoms with van der Waals surface area (Å²) in [6.07, 6.45) is 0. The van der Waals surface area contributed by atoms with Crippen LogP contribution in [-0.2, 0) is 14.8 Å². The predicted octanol–water partition coefficient (Wildman–Crippen LogP) is 1.95. The zero-order valence-electron chi connectivity index (χ0n) is 14.1. The molecular weight excluding hydrogens is 399 g/mol. The number of hydrogen-bond acceptors (Lipinski definition) is 4. The van der Waals surface area contributed by atoms with Crippen molar-refractivity contribution in [2.45, 2.75) is 4.90 Å². The smallest absolute Gasteiger partial charge is 0.307 e. The highest BCUT2D eigenvalue weighted by molar-refractivity contribution is 7.89. The number of rotatable bonds is 5. The first-order valence-corrected chi connectivity index (χ1v) is 9.33. The van der Waals surface area contributed by atoms with Crippen LogP contribution >= 0.6 is 11.6 Å². The van der Waals surface area contributed by atoms with Gasteiger partial charge in [-0.25, -0.2) is 23.0 Å². The molecule has 0 saturated heterocycles. The number of anilines is 1. The number of urea groups is 1. The van der Waals surface area contributed by atoms with E-state index in [-0.39, 0.29) is 4.90 Å². The van der Waals surface area contributed by atoms with Gasteiger partial charge in [-0.1, -0.05) is 11.6 Å². The summed E-state index contributed by atoms with van der Waals surface area (Å²) in [5.74, 6) is -1.22. The third-order valence-electron chi connectivity index (χ3n) is 3.31. The van der Waals surface area contributed by atoms with Crippen molar-refractivity contribution < 1.29 is 22.4 Å². The van der Waals surface area contributed by atoms with Gasteiger partial charge in [-0.05, 0) is 48.5 Å². The minimum absolute atomic E-state index is 0.0239. The summed E-state index contributed by atoms with van der Waals surface area (Å²) >= 11 is 5.73. The molecule has 0 aliphatic rings. The fourth-order valence-corrected chi connectivity index (χ4v) is 3.19. The van der Waals surface area contributed by atoms with Crippen molar-refractivity contribution in [2.75, 3.05) is 18.9 Å². The Morgan fingerprint density at radius 3 is 2.22 bits per heavy atom. The minimum Gasteiger partial charge on any atom is -0.307 e. The van der Waals surface area contributed by atoms with Crippen LogP contribution in [0.15, 0.2) is 53.4 Å². The molecule has 8 nitrogen and oxygen atoms in total. The van der Waals surface area contributed by atoms with E-state index in [0.29, 0.717) is 10.7 Å². The first-order valence-electron chi connectivity index (χ1n) is 7.52. The van der Waals surface area contributed by atoms with Crippen LogP contribution in [0.4, 0.5) is 14.9 Å². The number of sulfonamides is 1. The van der Waals surface area contributed by atoms with Gasteiger partial charge in [0.15, 0.2) is 0 Å². The first kappa shape index (κ1) is 20.6. The van der Waals surface area contributed by atoms with Gasteiger partial charge in [0.1, 0.15) is 5.82 Å². The largest absolute Gasteiger partial charge is 0.337 e. The number of likely N-dealkylation sites (N-methyl/N-ethyl adjacent to an activating group) is 1. The molecule has 144 valence electrons. The van der Waals surface area contributed by atoms with Crippen LogP contribution < -0.4 is 16.2 Å². The van der Waals surface area contributed by atoms with Crippen LogP contribution in [-0.4, -0.2) is 38.3 Å². The Labute approximate surface area is 160 Å². The number of hydrogen-bond donors (Lipinski definition) is 3. The van der Waals surface area contributed by atoms with Crippen molar-refractivity contribution in [3.8, 4) is 0 Å². The highest BCUT2D eigenvalue weighted by Gasteiger charge is 2.23. The van der Waals surface area contributed by atoms with Gasteiger partial charge in [0, 0.05) is 17.8 Å². The molecular formula is C16H16ClFN4O4S. The van der Waals surface area contributed by atoms with Crippen LogP contribution in [0, 0.1) is 5.82 Å². The Morgan fingerprint density at radius 1 is 1.04 bits per heavy atom. The highest BCUT2D eigenvalue weighted by Crippen LogP contribution is 2.17. The second-order valence-electron chi connectivity index (χ2n) is 5.35. The molecule has 0 saturated carbocycles. The van der Waals surface area contributed by atoms with Gasteiger partial charge in [0.25, 0.3) is 5.91 Å². The van der Waals surface area contributed by atoms with Crippen LogP contribution in [0.2, 0.25) is 5.02 Å². The monoisotopic (exact) mass is 414 g/mol. The molecule has 2 aromatic rings. The van der Waals surface area contributed by atoms with Crippen molar-refractivity contribution >= 4 is 39.2 Å². The Bertz CT molecular complexity index is 920. The molecule has 27 heavy (non-hydrogen) atoms. The number of carbonyl (C=O) groups excluding carboxylic acids is 2. The average molecular weight is 415 g/mol. The van der Waals surface area contributed by atoms with Gasteiger partial charge < -0.3 is 5.32 Å². The molecule has 3 N–H and O–H groups in total. The SMILES string of the molecule is CN(CC(=O)NNC(=O)Nc1ccc(F)cc1)S(=O)(=O)c1ccc(Cl)cc1. The van der Waals surface area contributed by atoms with Gasteiger partial charge in [-0.2, -0.15) is 4.31 Å². The molecule has 11 heteroatoms. The van der Waals surface area contributed by atoms with Crippen molar-refractivity contribution in [3.05, 3.63) is 59.4 Å². The molecule has 0 aromatic heterocycles. The van der Waals surface area contributed by atoms with Crippen molar-refractivity contribution in [3.63, 3.8) is 0 Å². The van der Waals surface area contributed by atoms with E-state index >= 15 is 0 Å². The van der Waals surface area contributed by atoms with Crippen molar-refractivity contribution in [1.29, 1.82) is 0 Å². The second kappa shape index (κ2) is 8.80. The molecule has 0 heterocycles. The zero-order valence-corrected chi connectivity index (χ0v) is 15.6. The lowest BCUT2D eigenvalue weighted by atomic mass is 10.3. The Hall–Kier alpha value is -2.69. The third-order valence-corrected chi connectivity index (χ3v) is 5.38. The van der Waals surface area contributed by atoms with Crippen LogP contribution in [0.1, 0.15) is 0 Å². The summed E-state index contributed by atoms with van der Waals surface area (Å²) in [5.41, 5.74) is 4.45. The predicted molar refractivity (Wildman–Crippen MR) is 98.0 cm³/mol. The summed E-state index contributed by atoms with van der Waals surface area (Å²) in [7, 11) is -2.67. The van der Waals surface area contributed by atoms with E-state index in [0.717, 1.165) is 16.4 Å². The summed E-state index contributed by atoms with van der Waals surface area (Å²) in [6, 6.07) is 9.69. The summed E-state index contributed by atoms with van der Waals surface area (Å²) in [5, 5.41) is 2.74. The van der Waals surface area contributed by atoms with E-state index in [1.807, 2.05) is 0 Å². The van der Waals surface area contributed by atoms with Gasteiger partial charge >= 0.3 is 6.03 Å². The van der Waals surface area contributed by atoms with Crippen LogP contribution in [0.25, 0.3) is 0 Å². The first-order chi connectivity index (χ1) is 12.7. The maximum Gasteiger partial charge on any atom is 0.337 e. The molecule has 0 unspecified atom stereocenters. The number of amides is 3. The highest BCUT2D eigenvalue weighted by atomic mass is 35.5. The molecule has 2 rings (SSSR count). The molecule has 0 bridgehead atoms. The zero-order chi connectivity index (χ0) is 20.0. The van der Waals surface area contributed by atoms with E-state index in [2.05, 4.69) is 16.2 Å². The van der Waals surface area contributed by atoms with E-state index < -0.39 is 34.3 Å². The number of carbonyl (C=O) groups is 2. The van der Waals surface area contributed by atoms with Gasteiger partial charge in [0.05, 0.1) is 11.4 Å². The Morgan fingerprint density at radius 2 is 1.63 bits per heavy atom.